The van der Waals surface area contributed by atoms with Gasteiger partial charge in [-0.2, -0.15) is 65.9 Å². The number of hydrogen-bond acceptors (Lipinski definition) is 2. The molecule has 19 heteroatoms. The predicted molar refractivity (Wildman–Crippen MR) is 76.3 cm³/mol. The van der Waals surface area contributed by atoms with Crippen LogP contribution in [0.25, 0.3) is 0 Å². The summed E-state index contributed by atoms with van der Waals surface area (Å²) in [4.78, 5) is 9.77. The summed E-state index contributed by atoms with van der Waals surface area (Å²) in [5.74, 6) is -47.8. The van der Waals surface area contributed by atoms with Gasteiger partial charge in [0.25, 0.3) is 0 Å². The number of quaternary nitrogens is 1. The van der Waals surface area contributed by atoms with E-state index in [0.717, 1.165) is 0 Å². The van der Waals surface area contributed by atoms with Crippen molar-refractivity contribution >= 4 is 6.04 Å². The number of nitrogens with zero attached hydrogens (tertiary/aromatic N) is 1. The zero-order valence-corrected chi connectivity index (χ0v) is 18.7. The molecule has 0 heterocycles. The fourth-order valence-electron chi connectivity index (χ4n) is 2.02. The molecule has 0 aromatic carbocycles. The number of alkyl halides is 14. The molecule has 0 aliphatic heterocycles. The minimum absolute atomic E-state index is 0. The molecule has 0 unspecified atom stereocenters. The van der Waals surface area contributed by atoms with Crippen molar-refractivity contribution in [1.29, 1.82) is 0 Å². The van der Waals surface area contributed by atoms with Gasteiger partial charge in [-0.05, 0) is 0 Å². The summed E-state index contributed by atoms with van der Waals surface area (Å²) in [7, 11) is 4.38. The highest BCUT2D eigenvalue weighted by Crippen LogP contribution is 2.61. The molecule has 0 aliphatic rings. The molecule has 1 N–H and O–H groups in total. The van der Waals surface area contributed by atoms with E-state index < -0.39 is 60.6 Å². The summed E-state index contributed by atoms with van der Waals surface area (Å²) in [6.07, 6.45) is -0.490. The molecule has 3 nitrogen and oxygen atoms in total. The number of rotatable bonds is 12. The molecule has 33 heavy (non-hydrogen) atoms. The minimum atomic E-state index is -8.35. The Hall–Kier alpha value is -0.730. The molecule has 0 rings (SSSR count). The van der Waals surface area contributed by atoms with Crippen molar-refractivity contribution < 1.29 is 99.1 Å². The maximum atomic E-state index is 13.6. The smallest absolute Gasteiger partial charge is 0.404 e. The molecule has 0 saturated carbocycles. The van der Waals surface area contributed by atoms with Crippen LogP contribution in [-0.4, -0.2) is 86.3 Å². The van der Waals surface area contributed by atoms with Crippen LogP contribution in [0, 0.1) is 0 Å². The van der Waals surface area contributed by atoms with Crippen LogP contribution >= 0.6 is 0 Å². The molecule has 0 saturated heterocycles. The number of carbonyl (C=O) groups excluding carboxylic acids is 1. The topological polar surface area (TPSA) is 29.1 Å². The average Bonchev–Trinajstić information content (AvgIpc) is 2.56. The van der Waals surface area contributed by atoms with E-state index >= 15 is 0 Å². The van der Waals surface area contributed by atoms with Gasteiger partial charge in [-0.15, -0.1) is 0 Å². The highest BCUT2D eigenvalue weighted by molar-refractivity contribution is 5.78. The average molecular weight is 640 g/mol. The molecule has 0 atom stereocenters. The van der Waals surface area contributed by atoms with E-state index in [0.29, 0.717) is 5.32 Å². The first-order valence-corrected chi connectivity index (χ1v) is 8.05. The summed E-state index contributed by atoms with van der Waals surface area (Å²) >= 11 is 0. The zero-order valence-electron chi connectivity index (χ0n) is 16.5. The van der Waals surface area contributed by atoms with E-state index in [1.54, 1.807) is 0 Å². The van der Waals surface area contributed by atoms with E-state index in [4.69, 9.17) is 0 Å². The van der Waals surface area contributed by atoms with Gasteiger partial charge in [0.05, 0.1) is 27.7 Å². The van der Waals surface area contributed by atoms with Crippen molar-refractivity contribution in [1.82, 2.24) is 5.32 Å². The third-order valence-electron chi connectivity index (χ3n) is 3.97. The Kier molecular flexibility index (Phi) is 10.2. The molecule has 0 bridgehead atoms. The summed E-state index contributed by atoms with van der Waals surface area (Å²) < 4.78 is 198. The highest BCUT2D eigenvalue weighted by atomic mass is 127. The van der Waals surface area contributed by atoms with Crippen molar-refractivity contribution in [3.05, 3.63) is 0 Å². The second-order valence-electron chi connectivity index (χ2n) is 7.59. The van der Waals surface area contributed by atoms with Crippen LogP contribution in [0.2, 0.25) is 0 Å². The molecule has 0 aromatic rings. The Balaban J connectivity index is 0. The number of hydrogen-bond donors (Lipinski definition) is 1. The Morgan fingerprint density at radius 2 is 1.00 bits per heavy atom. The van der Waals surface area contributed by atoms with E-state index in [9.17, 15) is 70.7 Å². The molecule has 0 aliphatic carbocycles. The van der Waals surface area contributed by atoms with Crippen LogP contribution < -0.4 is 29.3 Å². The lowest BCUT2D eigenvalue weighted by atomic mass is 9.90. The molecule has 0 spiro atoms. The fourth-order valence-corrected chi connectivity index (χ4v) is 2.02. The maximum Gasteiger partial charge on any atom is 0.404 e. The minimum Gasteiger partial charge on any atom is -1.00 e. The van der Waals surface area contributed by atoms with Gasteiger partial charge in [0.2, 0.25) is 0 Å². The normalized spacial score (nSPS) is 15.3. The Morgan fingerprint density at radius 1 is 0.667 bits per heavy atom. The van der Waals surface area contributed by atoms with E-state index in [2.05, 4.69) is 0 Å². The van der Waals surface area contributed by atoms with Crippen LogP contribution in [0.1, 0.15) is 6.42 Å². The second kappa shape index (κ2) is 9.73. The summed E-state index contributed by atoms with van der Waals surface area (Å²) in [5, 5.41) is 0.387. The molecule has 0 aromatic heterocycles. The Bertz CT molecular complexity index is 691. The van der Waals surface area contributed by atoms with Gasteiger partial charge in [-0.3, -0.25) is 10.1 Å². The molecular weight excluding hydrogens is 624 g/mol. The van der Waals surface area contributed by atoms with Gasteiger partial charge in [0, 0.05) is 13.0 Å². The summed E-state index contributed by atoms with van der Waals surface area (Å²) in [5.41, 5.74) is 0. The van der Waals surface area contributed by atoms with Crippen molar-refractivity contribution in [2.24, 2.45) is 0 Å². The van der Waals surface area contributed by atoms with Gasteiger partial charge >= 0.3 is 47.6 Å². The first-order chi connectivity index (χ1) is 13.7. The first-order valence-electron chi connectivity index (χ1n) is 8.05. The quantitative estimate of drug-likeness (QED) is 0.0878. The van der Waals surface area contributed by atoms with Crippen LogP contribution in [-0.2, 0) is 4.79 Å². The largest absolute Gasteiger partial charge is 1.00 e. The van der Waals surface area contributed by atoms with Gasteiger partial charge in [-0.1, -0.05) is 0 Å². The third-order valence-corrected chi connectivity index (χ3v) is 3.97. The van der Waals surface area contributed by atoms with Crippen molar-refractivity contribution in [2.45, 2.75) is 48.0 Å². The lowest BCUT2D eigenvalue weighted by Crippen LogP contribution is -3.00. The number of halogens is 16. The standard InChI is InChI=1S/C14H16F15N2O.HI/c1-31(2,3)6-4-5-30-14(28,29)13(26,27)12(24,25)11(22,23)10(20,21)9(18,19)8(16,17)7(15)32;/h30H,4-6H2,1-3H3;1H/q+1;/p-1. The van der Waals surface area contributed by atoms with Crippen molar-refractivity contribution in [2.75, 3.05) is 34.2 Å². The highest BCUT2D eigenvalue weighted by Gasteiger charge is 2.93. The van der Waals surface area contributed by atoms with Crippen LogP contribution in [0.3, 0.4) is 0 Å². The number of carbonyl (C=O) groups is 1. The number of nitrogens with one attached hydrogen (secondary N) is 1. The predicted octanol–water partition coefficient (Wildman–Crippen LogP) is 1.58. The van der Waals surface area contributed by atoms with Gasteiger partial charge in [0.15, 0.2) is 0 Å². The molecule has 200 valence electrons. The van der Waals surface area contributed by atoms with Crippen LogP contribution in [0.15, 0.2) is 0 Å². The van der Waals surface area contributed by atoms with E-state index in [-0.39, 0.29) is 35.0 Å². The van der Waals surface area contributed by atoms with Crippen LogP contribution in [0.4, 0.5) is 65.9 Å². The SMILES string of the molecule is C[N+](C)(C)CCCNC(F)(F)C(F)(F)C(F)(F)C(F)(F)C(F)(F)C(F)(F)C(F)(F)C(=O)F.[I-]. The lowest BCUT2D eigenvalue weighted by Gasteiger charge is -2.42. The van der Waals surface area contributed by atoms with E-state index in [1.807, 2.05) is 0 Å². The second-order valence-corrected chi connectivity index (χ2v) is 7.59. The van der Waals surface area contributed by atoms with Crippen LogP contribution in [0.5, 0.6) is 0 Å². The van der Waals surface area contributed by atoms with E-state index in [1.165, 1.54) is 21.1 Å². The molecular formula is C14H16F15IN2O. The molecule has 0 fully saturated rings. The summed E-state index contributed by atoms with van der Waals surface area (Å²) in [6.45, 7) is -1.38. The van der Waals surface area contributed by atoms with Gasteiger partial charge < -0.3 is 28.5 Å². The third kappa shape index (κ3) is 5.75. The van der Waals surface area contributed by atoms with Gasteiger partial charge in [-0.25, -0.2) is 0 Å². The Morgan fingerprint density at radius 3 is 1.33 bits per heavy atom. The van der Waals surface area contributed by atoms with Gasteiger partial charge in [0.1, 0.15) is 0 Å². The summed E-state index contributed by atoms with van der Waals surface area (Å²) in [6, 6.07) is -11.2. The first kappa shape index (κ1) is 34.4. The zero-order chi connectivity index (χ0) is 26.4. The molecule has 0 radical (unpaired) electrons. The van der Waals surface area contributed by atoms with Crippen molar-refractivity contribution in [3.63, 3.8) is 0 Å². The molecule has 0 amide bonds. The lowest BCUT2D eigenvalue weighted by molar-refractivity contribution is -0.870. The maximum absolute atomic E-state index is 13.6. The van der Waals surface area contributed by atoms with Crippen molar-refractivity contribution in [3.8, 4) is 0 Å². The fraction of sp³-hybridized carbons (Fsp3) is 0.929. The monoisotopic (exact) mass is 640 g/mol. The Labute approximate surface area is 193 Å².